The van der Waals surface area contributed by atoms with Gasteiger partial charge in [0.15, 0.2) is 0 Å². The molecule has 0 bridgehead atoms. The summed E-state index contributed by atoms with van der Waals surface area (Å²) in [4.78, 5) is 0.233. The average molecular weight is 246 g/mol. The first-order chi connectivity index (χ1) is 6.98. The molecule has 0 heterocycles. The zero-order chi connectivity index (χ0) is 11.5. The molecular weight excluding hydrogens is 234 g/mol. The van der Waals surface area contributed by atoms with Crippen LogP contribution in [0.3, 0.4) is 0 Å². The summed E-state index contributed by atoms with van der Waals surface area (Å²) in [7, 11) is -1.91. The van der Waals surface area contributed by atoms with Crippen LogP contribution < -0.4 is 0 Å². The second-order valence-electron chi connectivity index (χ2n) is 3.03. The van der Waals surface area contributed by atoms with Crippen LogP contribution in [0.2, 0.25) is 5.02 Å². The first kappa shape index (κ1) is 12.2. The van der Waals surface area contributed by atoms with Crippen molar-refractivity contribution >= 4 is 21.6 Å². The van der Waals surface area contributed by atoms with E-state index in [0.29, 0.717) is 5.02 Å². The summed E-state index contributed by atoms with van der Waals surface area (Å²) in [6, 6.07) is 6.07. The monoisotopic (exact) mass is 245 g/mol. The Morgan fingerprint density at radius 2 is 1.93 bits per heavy atom. The highest BCUT2D eigenvalue weighted by Gasteiger charge is 2.18. The molecule has 0 saturated heterocycles. The molecule has 0 unspecified atom stereocenters. The van der Waals surface area contributed by atoms with Crippen molar-refractivity contribution in [3.8, 4) is 0 Å². The fourth-order valence-corrected chi connectivity index (χ4v) is 2.33. The third kappa shape index (κ3) is 2.81. The van der Waals surface area contributed by atoms with Gasteiger partial charge in [0, 0.05) is 18.6 Å². The van der Waals surface area contributed by atoms with E-state index in [1.54, 1.807) is 12.1 Å². The predicted octanol–water partition coefficient (Wildman–Crippen LogP) is 2.15. The maximum absolute atomic E-state index is 11.9. The van der Waals surface area contributed by atoms with Crippen LogP contribution in [-0.4, -0.2) is 26.3 Å². The van der Waals surface area contributed by atoms with Gasteiger partial charge in [-0.3, -0.25) is 0 Å². The average Bonchev–Trinajstić information content (AvgIpc) is 2.18. The molecule has 0 atom stereocenters. The fourth-order valence-electron chi connectivity index (χ4n) is 1.07. The van der Waals surface area contributed by atoms with Gasteiger partial charge in [-0.05, 0) is 24.3 Å². The van der Waals surface area contributed by atoms with Crippen molar-refractivity contribution in [2.24, 2.45) is 0 Å². The minimum atomic E-state index is -3.41. The summed E-state index contributed by atoms with van der Waals surface area (Å²) in [6.07, 6.45) is 1.54. The van der Waals surface area contributed by atoms with Gasteiger partial charge in [0.25, 0.3) is 0 Å². The van der Waals surface area contributed by atoms with Crippen LogP contribution in [0.15, 0.2) is 41.8 Å². The predicted molar refractivity (Wildman–Crippen MR) is 61.5 cm³/mol. The van der Waals surface area contributed by atoms with Crippen LogP contribution in [-0.2, 0) is 10.0 Å². The van der Waals surface area contributed by atoms with E-state index in [4.69, 9.17) is 11.6 Å². The first-order valence-electron chi connectivity index (χ1n) is 4.31. The number of benzene rings is 1. The molecule has 5 heteroatoms. The highest BCUT2D eigenvalue weighted by molar-refractivity contribution is 7.89. The zero-order valence-corrected chi connectivity index (χ0v) is 9.92. The lowest BCUT2D eigenvalue weighted by Crippen LogP contribution is -2.26. The molecule has 0 spiro atoms. The smallest absolute Gasteiger partial charge is 0.207 e. The Bertz CT molecular complexity index is 439. The zero-order valence-electron chi connectivity index (χ0n) is 8.35. The molecule has 0 saturated carbocycles. The second kappa shape index (κ2) is 4.79. The summed E-state index contributed by atoms with van der Waals surface area (Å²) >= 11 is 5.68. The van der Waals surface area contributed by atoms with Crippen molar-refractivity contribution in [1.29, 1.82) is 0 Å². The van der Waals surface area contributed by atoms with E-state index in [9.17, 15) is 8.42 Å². The van der Waals surface area contributed by atoms with Crippen molar-refractivity contribution < 1.29 is 8.42 Å². The molecule has 0 radical (unpaired) electrons. The van der Waals surface area contributed by atoms with Gasteiger partial charge in [0.2, 0.25) is 10.0 Å². The van der Waals surface area contributed by atoms with Crippen LogP contribution >= 0.6 is 11.6 Å². The summed E-state index contributed by atoms with van der Waals surface area (Å²) in [5.74, 6) is 0. The van der Waals surface area contributed by atoms with E-state index in [0.717, 1.165) is 0 Å². The Kier molecular flexibility index (Phi) is 3.90. The van der Waals surface area contributed by atoms with E-state index >= 15 is 0 Å². The number of hydrogen-bond donors (Lipinski definition) is 0. The van der Waals surface area contributed by atoms with Crippen LogP contribution in [0.25, 0.3) is 0 Å². The second-order valence-corrected chi connectivity index (χ2v) is 5.51. The van der Waals surface area contributed by atoms with E-state index in [-0.39, 0.29) is 11.4 Å². The van der Waals surface area contributed by atoms with Crippen molar-refractivity contribution in [3.05, 3.63) is 41.9 Å². The lowest BCUT2D eigenvalue weighted by molar-refractivity contribution is 0.499. The minimum Gasteiger partial charge on any atom is -0.207 e. The maximum atomic E-state index is 11.9. The van der Waals surface area contributed by atoms with Gasteiger partial charge < -0.3 is 0 Å². The Hall–Kier alpha value is -0.840. The van der Waals surface area contributed by atoms with Gasteiger partial charge in [-0.15, -0.1) is 6.58 Å². The van der Waals surface area contributed by atoms with Crippen molar-refractivity contribution in [2.45, 2.75) is 4.90 Å². The highest BCUT2D eigenvalue weighted by Crippen LogP contribution is 2.17. The van der Waals surface area contributed by atoms with E-state index in [1.807, 2.05) is 0 Å². The fraction of sp³-hybridized carbons (Fsp3) is 0.200. The molecule has 0 amide bonds. The molecule has 0 aliphatic rings. The topological polar surface area (TPSA) is 37.4 Å². The molecule has 3 nitrogen and oxygen atoms in total. The Morgan fingerprint density at radius 3 is 2.40 bits per heavy atom. The van der Waals surface area contributed by atoms with Gasteiger partial charge in [-0.1, -0.05) is 17.7 Å². The SMILES string of the molecule is C=CCN(C)S(=O)(=O)c1ccc(Cl)cc1. The van der Waals surface area contributed by atoms with Crippen molar-refractivity contribution in [2.75, 3.05) is 13.6 Å². The maximum Gasteiger partial charge on any atom is 0.243 e. The summed E-state index contributed by atoms with van der Waals surface area (Å²) in [5.41, 5.74) is 0. The van der Waals surface area contributed by atoms with Gasteiger partial charge in [-0.25, -0.2) is 8.42 Å². The molecule has 15 heavy (non-hydrogen) atoms. The molecule has 0 aliphatic carbocycles. The molecular formula is C10H12ClNO2S. The molecule has 82 valence electrons. The standard InChI is InChI=1S/C10H12ClNO2S/c1-3-8-12(2)15(13,14)10-6-4-9(11)5-7-10/h3-7H,1,8H2,2H3. The Balaban J connectivity index is 3.06. The lowest BCUT2D eigenvalue weighted by atomic mass is 10.4. The lowest BCUT2D eigenvalue weighted by Gasteiger charge is -2.14. The number of halogens is 1. The van der Waals surface area contributed by atoms with Gasteiger partial charge in [0.05, 0.1) is 4.90 Å². The van der Waals surface area contributed by atoms with Crippen LogP contribution in [0.5, 0.6) is 0 Å². The molecule has 0 fully saturated rings. The summed E-state index contributed by atoms with van der Waals surface area (Å²) in [6.45, 7) is 3.78. The molecule has 1 aromatic rings. The molecule has 1 aromatic carbocycles. The van der Waals surface area contributed by atoms with E-state index in [2.05, 4.69) is 6.58 Å². The van der Waals surface area contributed by atoms with Crippen LogP contribution in [0.1, 0.15) is 0 Å². The number of likely N-dealkylation sites (N-methyl/N-ethyl adjacent to an activating group) is 1. The molecule has 0 aliphatic heterocycles. The van der Waals surface area contributed by atoms with Gasteiger partial charge in [0.1, 0.15) is 0 Å². The number of rotatable bonds is 4. The summed E-state index contributed by atoms with van der Waals surface area (Å²) in [5, 5.41) is 0.514. The first-order valence-corrected chi connectivity index (χ1v) is 6.13. The van der Waals surface area contributed by atoms with Gasteiger partial charge >= 0.3 is 0 Å². The highest BCUT2D eigenvalue weighted by atomic mass is 35.5. The van der Waals surface area contributed by atoms with Crippen molar-refractivity contribution in [1.82, 2.24) is 4.31 Å². The van der Waals surface area contributed by atoms with E-state index < -0.39 is 10.0 Å². The Labute approximate surface area is 95.0 Å². The number of nitrogens with zero attached hydrogens (tertiary/aromatic N) is 1. The quantitative estimate of drug-likeness (QED) is 0.763. The number of sulfonamides is 1. The molecule has 0 aromatic heterocycles. The normalized spacial score (nSPS) is 11.7. The minimum absolute atomic E-state index is 0.233. The van der Waals surface area contributed by atoms with Gasteiger partial charge in [-0.2, -0.15) is 4.31 Å². The molecule has 1 rings (SSSR count). The number of hydrogen-bond acceptors (Lipinski definition) is 2. The molecule has 0 N–H and O–H groups in total. The summed E-state index contributed by atoms with van der Waals surface area (Å²) < 4.78 is 25.0. The third-order valence-corrected chi connectivity index (χ3v) is 4.00. The van der Waals surface area contributed by atoms with Crippen LogP contribution in [0.4, 0.5) is 0 Å². The third-order valence-electron chi connectivity index (χ3n) is 1.91. The van der Waals surface area contributed by atoms with Crippen molar-refractivity contribution in [3.63, 3.8) is 0 Å². The van der Waals surface area contributed by atoms with E-state index in [1.165, 1.54) is 29.6 Å². The largest absolute Gasteiger partial charge is 0.243 e. The van der Waals surface area contributed by atoms with Crippen LogP contribution in [0, 0.1) is 0 Å². The Morgan fingerprint density at radius 1 is 1.40 bits per heavy atom.